The van der Waals surface area contributed by atoms with Gasteiger partial charge in [0.25, 0.3) is 0 Å². The fourth-order valence-corrected chi connectivity index (χ4v) is 2.47. The summed E-state index contributed by atoms with van der Waals surface area (Å²) in [6.45, 7) is 1.48. The molecule has 0 aliphatic heterocycles. The molecule has 0 bridgehead atoms. The first kappa shape index (κ1) is 11.1. The minimum Gasteiger partial charge on any atom is -0.344 e. The van der Waals surface area contributed by atoms with Gasteiger partial charge in [-0.15, -0.1) is 0 Å². The third-order valence-corrected chi connectivity index (χ3v) is 3.53. The molecular formula is C7H16FO2P. The van der Waals surface area contributed by atoms with E-state index in [1.807, 2.05) is 6.92 Å². The second kappa shape index (κ2) is 5.73. The van der Waals surface area contributed by atoms with Crippen LogP contribution >= 0.6 is 7.37 Å². The van der Waals surface area contributed by atoms with E-state index in [2.05, 4.69) is 0 Å². The molecule has 0 aromatic heterocycles. The van der Waals surface area contributed by atoms with Crippen molar-refractivity contribution in [3.05, 3.63) is 0 Å². The fraction of sp³-hybridized carbons (Fsp3) is 1.00. The normalized spacial score (nSPS) is 16.3. The zero-order chi connectivity index (χ0) is 8.74. The molecule has 1 N–H and O–H groups in total. The highest BCUT2D eigenvalue weighted by molar-refractivity contribution is 7.57. The number of alkyl halides is 1. The van der Waals surface area contributed by atoms with Gasteiger partial charge in [-0.25, -0.2) is 0 Å². The molecule has 0 aromatic rings. The average Bonchev–Trinajstić information content (AvgIpc) is 1.97. The summed E-state index contributed by atoms with van der Waals surface area (Å²) in [5.41, 5.74) is 0. The summed E-state index contributed by atoms with van der Waals surface area (Å²) in [7, 11) is -2.97. The lowest BCUT2D eigenvalue weighted by atomic mass is 10.4. The van der Waals surface area contributed by atoms with E-state index >= 15 is 0 Å². The maximum atomic E-state index is 11.6. The topological polar surface area (TPSA) is 37.3 Å². The van der Waals surface area contributed by atoms with E-state index in [1.54, 1.807) is 0 Å². The molecule has 1 unspecified atom stereocenters. The minimum atomic E-state index is -2.97. The Morgan fingerprint density at radius 1 is 1.36 bits per heavy atom. The van der Waals surface area contributed by atoms with Gasteiger partial charge in [-0.05, 0) is 12.8 Å². The van der Waals surface area contributed by atoms with Crippen molar-refractivity contribution < 1.29 is 13.8 Å². The third-order valence-electron chi connectivity index (χ3n) is 1.50. The van der Waals surface area contributed by atoms with Crippen molar-refractivity contribution in [2.75, 3.05) is 19.0 Å². The lowest BCUT2D eigenvalue weighted by molar-refractivity contribution is 0.453. The molecule has 4 heteroatoms. The van der Waals surface area contributed by atoms with Crippen molar-refractivity contribution in [1.29, 1.82) is 0 Å². The van der Waals surface area contributed by atoms with Crippen molar-refractivity contribution in [2.24, 2.45) is 0 Å². The average molecular weight is 182 g/mol. The van der Waals surface area contributed by atoms with Crippen molar-refractivity contribution in [3.8, 4) is 0 Å². The van der Waals surface area contributed by atoms with Crippen LogP contribution < -0.4 is 0 Å². The summed E-state index contributed by atoms with van der Waals surface area (Å²) in [5, 5.41) is 0. The first-order valence-corrected chi connectivity index (χ1v) is 6.02. The van der Waals surface area contributed by atoms with E-state index in [0.29, 0.717) is 6.16 Å². The van der Waals surface area contributed by atoms with Gasteiger partial charge in [-0.3, -0.25) is 8.96 Å². The number of hydrogen-bond donors (Lipinski definition) is 1. The summed E-state index contributed by atoms with van der Waals surface area (Å²) in [6.07, 6.45) is 2.39. The Labute approximate surface area is 67.3 Å². The summed E-state index contributed by atoms with van der Waals surface area (Å²) >= 11 is 0. The Balaban J connectivity index is 3.53. The van der Waals surface area contributed by atoms with Crippen LogP contribution in [0.4, 0.5) is 4.39 Å². The summed E-state index contributed by atoms with van der Waals surface area (Å²) < 4.78 is 22.7. The molecule has 2 nitrogen and oxygen atoms in total. The van der Waals surface area contributed by atoms with Crippen LogP contribution in [0.2, 0.25) is 0 Å². The standard InChI is InChI=1S/C7H16FO2P/c1-2-3-6-11(9,10)7-4-5-8/h2-7H2,1H3,(H,9,10). The van der Waals surface area contributed by atoms with Crippen molar-refractivity contribution in [2.45, 2.75) is 26.2 Å². The molecule has 0 rings (SSSR count). The van der Waals surface area contributed by atoms with Crippen molar-refractivity contribution >= 4 is 7.37 Å². The summed E-state index contributed by atoms with van der Waals surface area (Å²) in [5.74, 6) is 0. The van der Waals surface area contributed by atoms with E-state index in [9.17, 15) is 8.96 Å². The Hall–Kier alpha value is 0.120. The van der Waals surface area contributed by atoms with Crippen LogP contribution in [-0.4, -0.2) is 23.9 Å². The number of unbranched alkanes of at least 4 members (excludes halogenated alkanes) is 1. The largest absolute Gasteiger partial charge is 0.344 e. The molecule has 0 aromatic carbocycles. The van der Waals surface area contributed by atoms with Gasteiger partial charge in [0.1, 0.15) is 0 Å². The third kappa shape index (κ3) is 6.52. The van der Waals surface area contributed by atoms with E-state index in [1.165, 1.54) is 0 Å². The predicted molar refractivity (Wildman–Crippen MR) is 45.1 cm³/mol. The van der Waals surface area contributed by atoms with Crippen LogP contribution in [0.3, 0.4) is 0 Å². The lowest BCUT2D eigenvalue weighted by Crippen LogP contribution is -1.95. The first-order chi connectivity index (χ1) is 5.12. The number of rotatable bonds is 6. The van der Waals surface area contributed by atoms with Gasteiger partial charge in [0.05, 0.1) is 6.67 Å². The highest BCUT2D eigenvalue weighted by Crippen LogP contribution is 2.41. The Morgan fingerprint density at radius 2 is 1.91 bits per heavy atom. The van der Waals surface area contributed by atoms with Crippen LogP contribution in [0.25, 0.3) is 0 Å². The molecule has 68 valence electrons. The summed E-state index contributed by atoms with van der Waals surface area (Å²) in [4.78, 5) is 9.17. The predicted octanol–water partition coefficient (Wildman–Crippen LogP) is 2.42. The second-order valence-corrected chi connectivity index (χ2v) is 5.28. The Bertz CT molecular complexity index is 126. The first-order valence-electron chi connectivity index (χ1n) is 3.99. The zero-order valence-corrected chi connectivity index (χ0v) is 7.82. The molecule has 0 heterocycles. The Kier molecular flexibility index (Phi) is 5.79. The zero-order valence-electron chi connectivity index (χ0n) is 6.92. The van der Waals surface area contributed by atoms with Crippen LogP contribution in [0.1, 0.15) is 26.2 Å². The van der Waals surface area contributed by atoms with Gasteiger partial charge in [-0.2, -0.15) is 0 Å². The van der Waals surface area contributed by atoms with Crippen LogP contribution in [0.5, 0.6) is 0 Å². The summed E-state index contributed by atoms with van der Waals surface area (Å²) in [6, 6.07) is 0. The van der Waals surface area contributed by atoms with E-state index in [4.69, 9.17) is 4.89 Å². The van der Waals surface area contributed by atoms with Gasteiger partial charge >= 0.3 is 0 Å². The van der Waals surface area contributed by atoms with Crippen LogP contribution in [-0.2, 0) is 4.57 Å². The molecule has 0 aliphatic carbocycles. The monoisotopic (exact) mass is 182 g/mol. The minimum absolute atomic E-state index is 0.142. The highest BCUT2D eigenvalue weighted by atomic mass is 31.2. The van der Waals surface area contributed by atoms with Gasteiger partial charge in [0, 0.05) is 12.3 Å². The van der Waals surface area contributed by atoms with E-state index < -0.39 is 14.0 Å². The lowest BCUT2D eigenvalue weighted by Gasteiger charge is -2.08. The SMILES string of the molecule is CCCCP(=O)(O)CCCF. The van der Waals surface area contributed by atoms with Gasteiger partial charge in [0.15, 0.2) is 0 Å². The Morgan fingerprint density at radius 3 is 2.36 bits per heavy atom. The van der Waals surface area contributed by atoms with Gasteiger partial charge in [0.2, 0.25) is 7.37 Å². The molecule has 0 aliphatic rings. The maximum Gasteiger partial charge on any atom is 0.200 e. The molecular weight excluding hydrogens is 166 g/mol. The number of halogens is 1. The van der Waals surface area contributed by atoms with Crippen LogP contribution in [0.15, 0.2) is 0 Å². The fourth-order valence-electron chi connectivity index (χ4n) is 0.824. The highest BCUT2D eigenvalue weighted by Gasteiger charge is 2.15. The van der Waals surface area contributed by atoms with E-state index in [0.717, 1.165) is 12.8 Å². The van der Waals surface area contributed by atoms with E-state index in [-0.39, 0.29) is 12.6 Å². The van der Waals surface area contributed by atoms with Gasteiger partial charge < -0.3 is 4.89 Å². The molecule has 0 saturated heterocycles. The maximum absolute atomic E-state index is 11.6. The second-order valence-electron chi connectivity index (χ2n) is 2.69. The molecule has 0 amide bonds. The quantitative estimate of drug-likeness (QED) is 0.640. The molecule has 0 saturated carbocycles. The molecule has 0 spiro atoms. The molecule has 0 radical (unpaired) electrons. The van der Waals surface area contributed by atoms with Crippen molar-refractivity contribution in [1.82, 2.24) is 0 Å². The van der Waals surface area contributed by atoms with Crippen LogP contribution in [0, 0.1) is 0 Å². The van der Waals surface area contributed by atoms with Gasteiger partial charge in [-0.1, -0.05) is 13.3 Å². The molecule has 0 fully saturated rings. The number of hydrogen-bond acceptors (Lipinski definition) is 1. The molecule has 1 atom stereocenters. The molecule has 11 heavy (non-hydrogen) atoms. The van der Waals surface area contributed by atoms with Crippen molar-refractivity contribution in [3.63, 3.8) is 0 Å². The smallest absolute Gasteiger partial charge is 0.200 e.